The zero-order valence-corrected chi connectivity index (χ0v) is 16.3. The van der Waals surface area contributed by atoms with E-state index in [4.69, 9.17) is 0 Å². The van der Waals surface area contributed by atoms with Crippen molar-refractivity contribution in [2.24, 2.45) is 0 Å². The van der Waals surface area contributed by atoms with Gasteiger partial charge in [-0.15, -0.1) is 0 Å². The smallest absolute Gasteiger partial charge is 0.273 e. The summed E-state index contributed by atoms with van der Waals surface area (Å²) in [7, 11) is 0. The summed E-state index contributed by atoms with van der Waals surface area (Å²) in [6.45, 7) is 2.97. The highest BCUT2D eigenvalue weighted by molar-refractivity contribution is 6.05. The molecule has 148 valence electrons. The molecule has 3 aromatic rings. The summed E-state index contributed by atoms with van der Waals surface area (Å²) in [5.74, 6) is -0.0413. The molecule has 2 aromatic heterocycles. The van der Waals surface area contributed by atoms with Crippen LogP contribution in [0.2, 0.25) is 0 Å². The van der Waals surface area contributed by atoms with E-state index in [0.29, 0.717) is 31.9 Å². The Morgan fingerprint density at radius 1 is 0.862 bits per heavy atom. The topological polar surface area (TPSA) is 71.3 Å². The van der Waals surface area contributed by atoms with Gasteiger partial charge in [-0.1, -0.05) is 24.3 Å². The van der Waals surface area contributed by atoms with Crippen molar-refractivity contribution in [1.82, 2.24) is 24.6 Å². The molecule has 0 spiro atoms. The fourth-order valence-corrected chi connectivity index (χ4v) is 4.32. The second kappa shape index (κ2) is 7.31. The molecular formula is C22H23N5O2. The number of piperazine rings is 1. The van der Waals surface area contributed by atoms with E-state index in [2.05, 4.69) is 10.1 Å². The second-order valence-electron chi connectivity index (χ2n) is 7.65. The SMILES string of the molecule is O=C(c1cnn2c1CCCC2)N1CCN(C(=O)c2nccc3ccccc23)CC1. The molecule has 1 fully saturated rings. The molecular weight excluding hydrogens is 366 g/mol. The number of hydrogen-bond donors (Lipinski definition) is 0. The van der Waals surface area contributed by atoms with Gasteiger partial charge in [0.25, 0.3) is 11.8 Å². The number of hydrogen-bond acceptors (Lipinski definition) is 4. The summed E-state index contributed by atoms with van der Waals surface area (Å²) in [5.41, 5.74) is 2.26. The zero-order valence-electron chi connectivity index (χ0n) is 16.3. The number of pyridine rings is 1. The molecule has 29 heavy (non-hydrogen) atoms. The van der Waals surface area contributed by atoms with Crippen molar-refractivity contribution < 1.29 is 9.59 Å². The molecule has 1 aromatic carbocycles. The van der Waals surface area contributed by atoms with E-state index in [0.717, 1.165) is 47.8 Å². The van der Waals surface area contributed by atoms with Gasteiger partial charge in [0, 0.05) is 44.3 Å². The largest absolute Gasteiger partial charge is 0.335 e. The van der Waals surface area contributed by atoms with Gasteiger partial charge in [0.1, 0.15) is 5.69 Å². The number of carbonyl (C=O) groups is 2. The van der Waals surface area contributed by atoms with Crippen LogP contribution in [0.3, 0.4) is 0 Å². The van der Waals surface area contributed by atoms with Crippen LogP contribution in [-0.2, 0) is 13.0 Å². The van der Waals surface area contributed by atoms with Crippen LogP contribution in [-0.4, -0.2) is 62.6 Å². The molecule has 0 atom stereocenters. The highest BCUT2D eigenvalue weighted by Gasteiger charge is 2.29. The van der Waals surface area contributed by atoms with Crippen molar-refractivity contribution in [3.63, 3.8) is 0 Å². The van der Waals surface area contributed by atoms with Crippen LogP contribution in [0.1, 0.15) is 39.4 Å². The molecule has 0 bridgehead atoms. The third kappa shape index (κ3) is 3.16. The van der Waals surface area contributed by atoms with Crippen LogP contribution in [0.4, 0.5) is 0 Å². The molecule has 0 saturated carbocycles. The van der Waals surface area contributed by atoms with E-state index in [-0.39, 0.29) is 11.8 Å². The third-order valence-electron chi connectivity index (χ3n) is 5.94. The molecule has 2 amide bonds. The van der Waals surface area contributed by atoms with Crippen LogP contribution in [0.15, 0.2) is 42.7 Å². The highest BCUT2D eigenvalue weighted by atomic mass is 16.2. The maximum Gasteiger partial charge on any atom is 0.273 e. The fourth-order valence-electron chi connectivity index (χ4n) is 4.32. The molecule has 0 aliphatic carbocycles. The van der Waals surface area contributed by atoms with E-state index >= 15 is 0 Å². The van der Waals surface area contributed by atoms with Crippen LogP contribution in [0.5, 0.6) is 0 Å². The van der Waals surface area contributed by atoms with Crippen molar-refractivity contribution in [2.45, 2.75) is 25.8 Å². The van der Waals surface area contributed by atoms with Crippen LogP contribution in [0, 0.1) is 0 Å². The molecule has 2 aliphatic heterocycles. The van der Waals surface area contributed by atoms with Gasteiger partial charge in [0.2, 0.25) is 0 Å². The number of fused-ring (bicyclic) bond motifs is 2. The van der Waals surface area contributed by atoms with E-state index in [1.165, 1.54) is 0 Å². The third-order valence-corrected chi connectivity index (χ3v) is 5.94. The monoisotopic (exact) mass is 389 g/mol. The Morgan fingerprint density at radius 2 is 1.62 bits per heavy atom. The average Bonchev–Trinajstić information content (AvgIpc) is 3.22. The number of amides is 2. The number of aromatic nitrogens is 3. The van der Waals surface area contributed by atoms with Crippen LogP contribution in [0.25, 0.3) is 10.8 Å². The van der Waals surface area contributed by atoms with E-state index in [1.807, 2.05) is 39.9 Å². The maximum absolute atomic E-state index is 13.1. The number of aryl methyl sites for hydroxylation is 1. The molecule has 7 heteroatoms. The van der Waals surface area contributed by atoms with Crippen molar-refractivity contribution in [3.05, 3.63) is 59.7 Å². The predicted octanol–water partition coefficient (Wildman–Crippen LogP) is 2.37. The first kappa shape index (κ1) is 17.8. The molecule has 1 saturated heterocycles. The Balaban J connectivity index is 1.29. The van der Waals surface area contributed by atoms with E-state index in [1.54, 1.807) is 17.3 Å². The van der Waals surface area contributed by atoms with Crippen molar-refractivity contribution in [2.75, 3.05) is 26.2 Å². The minimum absolute atomic E-state index is 0.0311. The van der Waals surface area contributed by atoms with Crippen molar-refractivity contribution >= 4 is 22.6 Å². The lowest BCUT2D eigenvalue weighted by atomic mass is 10.1. The lowest BCUT2D eigenvalue weighted by Crippen LogP contribution is -2.50. The van der Waals surface area contributed by atoms with Gasteiger partial charge in [0.05, 0.1) is 17.5 Å². The van der Waals surface area contributed by atoms with Gasteiger partial charge < -0.3 is 9.80 Å². The number of rotatable bonds is 2. The lowest BCUT2D eigenvalue weighted by molar-refractivity contribution is 0.0532. The fraction of sp³-hybridized carbons (Fsp3) is 0.364. The first-order valence-corrected chi connectivity index (χ1v) is 10.2. The summed E-state index contributed by atoms with van der Waals surface area (Å²) < 4.78 is 1.96. The molecule has 5 rings (SSSR count). The Kier molecular flexibility index (Phi) is 4.50. The lowest BCUT2D eigenvalue weighted by Gasteiger charge is -2.34. The first-order valence-electron chi connectivity index (χ1n) is 10.2. The quantitative estimate of drug-likeness (QED) is 0.675. The standard InChI is InChI=1S/C22H23N5O2/c28-21(18-15-24-27-10-4-3-7-19(18)27)25-11-13-26(14-12-25)22(29)20-17-6-2-1-5-16(17)8-9-23-20/h1-2,5-6,8-9,15H,3-4,7,10-14H2. The molecule has 4 heterocycles. The maximum atomic E-state index is 13.1. The van der Waals surface area contributed by atoms with E-state index < -0.39 is 0 Å². The number of benzene rings is 1. The first-order chi connectivity index (χ1) is 14.2. The summed E-state index contributed by atoms with van der Waals surface area (Å²) in [4.78, 5) is 34.0. The zero-order chi connectivity index (χ0) is 19.8. The van der Waals surface area contributed by atoms with Crippen LogP contribution < -0.4 is 0 Å². The molecule has 0 unspecified atom stereocenters. The van der Waals surface area contributed by atoms with Gasteiger partial charge >= 0.3 is 0 Å². The van der Waals surface area contributed by atoms with Gasteiger partial charge in [0.15, 0.2) is 0 Å². The van der Waals surface area contributed by atoms with Crippen LogP contribution >= 0.6 is 0 Å². The second-order valence-corrected chi connectivity index (χ2v) is 7.65. The van der Waals surface area contributed by atoms with Gasteiger partial charge in [-0.3, -0.25) is 19.3 Å². The van der Waals surface area contributed by atoms with Gasteiger partial charge in [-0.05, 0) is 30.7 Å². The molecule has 0 N–H and O–H groups in total. The summed E-state index contributed by atoms with van der Waals surface area (Å²) >= 11 is 0. The van der Waals surface area contributed by atoms with Gasteiger partial charge in [-0.25, -0.2) is 0 Å². The summed E-state index contributed by atoms with van der Waals surface area (Å²) in [5, 5.41) is 6.25. The van der Waals surface area contributed by atoms with Crippen molar-refractivity contribution in [1.29, 1.82) is 0 Å². The summed E-state index contributed by atoms with van der Waals surface area (Å²) in [6.07, 6.45) is 6.52. The molecule has 7 nitrogen and oxygen atoms in total. The van der Waals surface area contributed by atoms with Crippen molar-refractivity contribution in [3.8, 4) is 0 Å². The van der Waals surface area contributed by atoms with Gasteiger partial charge in [-0.2, -0.15) is 5.10 Å². The van der Waals surface area contributed by atoms with E-state index in [9.17, 15) is 9.59 Å². The Labute approximate surface area is 168 Å². The molecule has 2 aliphatic rings. The minimum Gasteiger partial charge on any atom is -0.335 e. The average molecular weight is 389 g/mol. The molecule has 0 radical (unpaired) electrons. The minimum atomic E-state index is -0.0724. The Hall–Kier alpha value is -3.22. The number of carbonyl (C=O) groups excluding carboxylic acids is 2. The Bertz CT molecular complexity index is 1080. The predicted molar refractivity (Wildman–Crippen MR) is 109 cm³/mol. The summed E-state index contributed by atoms with van der Waals surface area (Å²) in [6, 6.07) is 9.70. The highest BCUT2D eigenvalue weighted by Crippen LogP contribution is 2.21. The normalized spacial score (nSPS) is 16.7. The Morgan fingerprint density at radius 3 is 2.45 bits per heavy atom. The number of nitrogens with zero attached hydrogens (tertiary/aromatic N) is 5.